The maximum absolute atomic E-state index is 13.9. The molecule has 0 aliphatic heterocycles. The molecule has 0 saturated heterocycles. The van der Waals surface area contributed by atoms with Crippen molar-refractivity contribution in [1.29, 1.82) is 0 Å². The molecule has 3 aromatic rings. The van der Waals surface area contributed by atoms with Crippen LogP contribution in [-0.4, -0.2) is 17.5 Å². The Morgan fingerprint density at radius 1 is 0.806 bits per heavy atom. The average molecular weight is 496 g/mol. The maximum atomic E-state index is 13.9. The molecule has 162 valence electrons. The Kier molecular flexibility index (Phi) is 8.50. The molecule has 0 spiro atoms. The van der Waals surface area contributed by atoms with E-state index < -0.39 is 0 Å². The van der Waals surface area contributed by atoms with Gasteiger partial charge in [0.25, 0.3) is 0 Å². The molecule has 31 heavy (non-hydrogen) atoms. The minimum absolute atomic E-state index is 0.231. The first-order valence-corrected chi connectivity index (χ1v) is 11.4. The zero-order valence-corrected chi connectivity index (χ0v) is 20.0. The molecule has 0 fully saturated rings. The van der Waals surface area contributed by atoms with Crippen LogP contribution in [0.2, 0.25) is 20.1 Å². The van der Waals surface area contributed by atoms with Gasteiger partial charge in [0.2, 0.25) is 0 Å². The van der Waals surface area contributed by atoms with Gasteiger partial charge in [0.05, 0.1) is 21.4 Å². The molecule has 0 radical (unpaired) electrons. The van der Waals surface area contributed by atoms with Crippen molar-refractivity contribution in [3.8, 4) is 0 Å². The van der Waals surface area contributed by atoms with Crippen LogP contribution in [0, 0.1) is 0 Å². The van der Waals surface area contributed by atoms with Crippen molar-refractivity contribution in [3.05, 3.63) is 92.4 Å². The summed E-state index contributed by atoms with van der Waals surface area (Å²) in [5.74, 6) is 0. The molecular formula is C24H22Cl4N2O. The summed E-state index contributed by atoms with van der Waals surface area (Å²) in [6, 6.07) is 19.7. The van der Waals surface area contributed by atoms with Gasteiger partial charge in [-0.25, -0.2) is 4.79 Å². The number of urea groups is 1. The molecule has 0 N–H and O–H groups in total. The first kappa shape index (κ1) is 23.7. The summed E-state index contributed by atoms with van der Waals surface area (Å²) in [6.07, 6.45) is 1.83. The quantitative estimate of drug-likeness (QED) is 0.321. The molecule has 0 aliphatic rings. The van der Waals surface area contributed by atoms with E-state index in [1.54, 1.807) is 41.3 Å². The van der Waals surface area contributed by atoms with Crippen LogP contribution in [0.25, 0.3) is 0 Å². The van der Waals surface area contributed by atoms with E-state index in [9.17, 15) is 4.79 Å². The molecular weight excluding hydrogens is 474 g/mol. The molecule has 3 rings (SSSR count). The number of benzene rings is 3. The van der Waals surface area contributed by atoms with E-state index >= 15 is 0 Å². The van der Waals surface area contributed by atoms with Gasteiger partial charge in [-0.15, -0.1) is 0 Å². The summed E-state index contributed by atoms with van der Waals surface area (Å²) in [4.78, 5) is 17.2. The Morgan fingerprint density at radius 3 is 1.84 bits per heavy atom. The highest BCUT2D eigenvalue weighted by molar-refractivity contribution is 6.39. The van der Waals surface area contributed by atoms with Gasteiger partial charge in [0, 0.05) is 23.1 Å². The standard InChI is InChI=1S/C24H22Cl4N2O/c1-2-3-13-29(16-17-7-5-4-6-8-17)24(31)30(22-11-9-18(25)14-20(22)27)23-12-10-19(26)15-21(23)28/h4-12,14-15H,2-3,13,16H2,1H3. The van der Waals surface area contributed by atoms with E-state index in [4.69, 9.17) is 46.4 Å². The van der Waals surface area contributed by atoms with Crippen molar-refractivity contribution in [3.63, 3.8) is 0 Å². The van der Waals surface area contributed by atoms with Gasteiger partial charge in [-0.05, 0) is 48.4 Å². The molecule has 3 aromatic carbocycles. The van der Waals surface area contributed by atoms with Gasteiger partial charge in [-0.3, -0.25) is 4.90 Å². The Hall–Kier alpha value is -1.91. The lowest BCUT2D eigenvalue weighted by Crippen LogP contribution is -2.41. The first-order valence-electron chi connectivity index (χ1n) is 9.93. The molecule has 0 unspecified atom stereocenters. The SMILES string of the molecule is CCCCN(Cc1ccccc1)C(=O)N(c1ccc(Cl)cc1Cl)c1ccc(Cl)cc1Cl. The van der Waals surface area contributed by atoms with Crippen LogP contribution in [0.1, 0.15) is 25.3 Å². The van der Waals surface area contributed by atoms with Crippen LogP contribution >= 0.6 is 46.4 Å². The maximum Gasteiger partial charge on any atom is 0.329 e. The van der Waals surface area contributed by atoms with Crippen molar-refractivity contribution in [2.45, 2.75) is 26.3 Å². The fourth-order valence-corrected chi connectivity index (χ4v) is 4.18. The summed E-state index contributed by atoms with van der Waals surface area (Å²) in [7, 11) is 0. The summed E-state index contributed by atoms with van der Waals surface area (Å²) in [6.45, 7) is 3.15. The number of carbonyl (C=O) groups excluding carboxylic acids is 1. The number of anilines is 2. The highest BCUT2D eigenvalue weighted by Crippen LogP contribution is 2.39. The van der Waals surface area contributed by atoms with Gasteiger partial charge in [-0.1, -0.05) is 90.1 Å². The average Bonchev–Trinajstić information content (AvgIpc) is 2.74. The number of rotatable bonds is 7. The van der Waals surface area contributed by atoms with Crippen LogP contribution in [0.15, 0.2) is 66.7 Å². The zero-order chi connectivity index (χ0) is 22.4. The molecule has 0 heterocycles. The summed E-state index contributed by atoms with van der Waals surface area (Å²) < 4.78 is 0. The van der Waals surface area contributed by atoms with E-state index in [1.807, 2.05) is 30.3 Å². The molecule has 0 aromatic heterocycles. The monoisotopic (exact) mass is 494 g/mol. The number of hydrogen-bond acceptors (Lipinski definition) is 1. The van der Waals surface area contributed by atoms with Crippen LogP contribution in [0.5, 0.6) is 0 Å². The zero-order valence-electron chi connectivity index (χ0n) is 17.0. The number of carbonyl (C=O) groups is 1. The highest BCUT2D eigenvalue weighted by Gasteiger charge is 2.27. The Morgan fingerprint density at radius 2 is 1.35 bits per heavy atom. The Bertz CT molecular complexity index is 992. The molecule has 7 heteroatoms. The molecule has 0 bridgehead atoms. The summed E-state index contributed by atoms with van der Waals surface area (Å²) in [5, 5.41) is 1.66. The predicted octanol–water partition coefficient (Wildman–Crippen LogP) is 8.86. The summed E-state index contributed by atoms with van der Waals surface area (Å²) >= 11 is 25.2. The van der Waals surface area contributed by atoms with Crippen molar-refractivity contribution >= 4 is 63.8 Å². The topological polar surface area (TPSA) is 23.6 Å². The van der Waals surface area contributed by atoms with Gasteiger partial charge in [0.1, 0.15) is 0 Å². The minimum atomic E-state index is -0.231. The van der Waals surface area contributed by atoms with E-state index in [0.29, 0.717) is 44.6 Å². The Labute approximate surface area is 203 Å². The third kappa shape index (κ3) is 6.08. The number of unbranched alkanes of at least 4 members (excludes halogenated alkanes) is 1. The minimum Gasteiger partial charge on any atom is -0.320 e. The molecule has 0 atom stereocenters. The normalized spacial score (nSPS) is 10.7. The lowest BCUT2D eigenvalue weighted by Gasteiger charge is -2.32. The van der Waals surface area contributed by atoms with E-state index in [0.717, 1.165) is 18.4 Å². The lowest BCUT2D eigenvalue weighted by molar-refractivity contribution is 0.203. The summed E-state index contributed by atoms with van der Waals surface area (Å²) in [5.41, 5.74) is 2.03. The van der Waals surface area contributed by atoms with Crippen molar-refractivity contribution < 1.29 is 4.79 Å². The lowest BCUT2D eigenvalue weighted by atomic mass is 10.2. The van der Waals surface area contributed by atoms with Crippen LogP contribution in [0.3, 0.4) is 0 Å². The second kappa shape index (κ2) is 11.1. The number of amides is 2. The van der Waals surface area contributed by atoms with E-state index in [2.05, 4.69) is 6.92 Å². The Balaban J connectivity index is 2.07. The molecule has 2 amide bonds. The van der Waals surface area contributed by atoms with Crippen molar-refractivity contribution in [2.24, 2.45) is 0 Å². The highest BCUT2D eigenvalue weighted by atomic mass is 35.5. The van der Waals surface area contributed by atoms with Gasteiger partial charge in [-0.2, -0.15) is 0 Å². The number of nitrogens with zero attached hydrogens (tertiary/aromatic N) is 2. The molecule has 0 saturated carbocycles. The van der Waals surface area contributed by atoms with Crippen molar-refractivity contribution in [2.75, 3.05) is 11.4 Å². The van der Waals surface area contributed by atoms with Gasteiger partial charge >= 0.3 is 6.03 Å². The van der Waals surface area contributed by atoms with Gasteiger partial charge < -0.3 is 4.90 Å². The third-order valence-electron chi connectivity index (χ3n) is 4.76. The van der Waals surface area contributed by atoms with Crippen LogP contribution < -0.4 is 4.90 Å². The third-order valence-corrected chi connectivity index (χ3v) is 5.84. The predicted molar refractivity (Wildman–Crippen MR) is 132 cm³/mol. The first-order chi connectivity index (χ1) is 14.9. The van der Waals surface area contributed by atoms with Crippen molar-refractivity contribution in [1.82, 2.24) is 4.90 Å². The second-order valence-corrected chi connectivity index (χ2v) is 8.76. The number of hydrogen-bond donors (Lipinski definition) is 0. The molecule has 3 nitrogen and oxygen atoms in total. The van der Waals surface area contributed by atoms with E-state index in [1.165, 1.54) is 4.90 Å². The largest absolute Gasteiger partial charge is 0.329 e. The van der Waals surface area contributed by atoms with E-state index in [-0.39, 0.29) is 6.03 Å². The molecule has 0 aliphatic carbocycles. The second-order valence-electron chi connectivity index (χ2n) is 7.07. The smallest absolute Gasteiger partial charge is 0.320 e. The fourth-order valence-electron chi connectivity index (χ4n) is 3.20. The fraction of sp³-hybridized carbons (Fsp3) is 0.208. The number of halogens is 4. The van der Waals surface area contributed by atoms with Gasteiger partial charge in [0.15, 0.2) is 0 Å². The van der Waals surface area contributed by atoms with Crippen LogP contribution in [-0.2, 0) is 6.54 Å². The van der Waals surface area contributed by atoms with Crippen LogP contribution in [0.4, 0.5) is 16.2 Å².